The van der Waals surface area contributed by atoms with Gasteiger partial charge in [0.05, 0.1) is 18.1 Å². The standard InChI is InChI=1S/C22H24ClF3N2O3/c1-2-15(21(29)30)17-6-4-13-12-14(5-7-16(13)17)31-11-3-10-27-20-18(22(24,25)26)8-9-19(23)28-20/h5,7-9,12,15,17H,2-4,6,10-11H2,1H3,(H,27,28)(H,29,30)/t15?,17-/m0/s1. The summed E-state index contributed by atoms with van der Waals surface area (Å²) >= 11 is 5.71. The molecule has 0 saturated carbocycles. The number of hydrogen-bond acceptors (Lipinski definition) is 4. The van der Waals surface area contributed by atoms with E-state index in [-0.39, 0.29) is 29.4 Å². The fourth-order valence-electron chi connectivity index (χ4n) is 4.03. The Morgan fingerprint density at radius 3 is 2.81 bits per heavy atom. The molecule has 0 amide bonds. The normalized spacial score (nSPS) is 16.6. The highest BCUT2D eigenvalue weighted by Gasteiger charge is 2.35. The molecule has 0 fully saturated rings. The first kappa shape index (κ1) is 23.2. The summed E-state index contributed by atoms with van der Waals surface area (Å²) in [6.07, 6.45) is -1.86. The number of carbonyl (C=O) groups is 1. The van der Waals surface area contributed by atoms with Crippen LogP contribution in [-0.2, 0) is 17.4 Å². The summed E-state index contributed by atoms with van der Waals surface area (Å²) in [7, 11) is 0. The van der Waals surface area contributed by atoms with Crippen molar-refractivity contribution in [3.63, 3.8) is 0 Å². The number of carboxylic acid groups (broad SMARTS) is 1. The molecule has 0 bridgehead atoms. The van der Waals surface area contributed by atoms with Gasteiger partial charge in [-0.25, -0.2) is 4.98 Å². The van der Waals surface area contributed by atoms with E-state index in [4.69, 9.17) is 16.3 Å². The summed E-state index contributed by atoms with van der Waals surface area (Å²) in [6.45, 7) is 2.43. The fraction of sp³-hybridized carbons (Fsp3) is 0.455. The highest BCUT2D eigenvalue weighted by Crippen LogP contribution is 2.41. The maximum absolute atomic E-state index is 13.0. The van der Waals surface area contributed by atoms with Crippen LogP contribution in [0.2, 0.25) is 5.15 Å². The number of aliphatic carboxylic acids is 1. The lowest BCUT2D eigenvalue weighted by Gasteiger charge is -2.19. The molecule has 1 aromatic heterocycles. The van der Waals surface area contributed by atoms with Crippen molar-refractivity contribution < 1.29 is 27.8 Å². The van der Waals surface area contributed by atoms with Gasteiger partial charge in [-0.1, -0.05) is 24.6 Å². The van der Waals surface area contributed by atoms with E-state index in [9.17, 15) is 23.1 Å². The van der Waals surface area contributed by atoms with E-state index in [2.05, 4.69) is 10.3 Å². The third-order valence-corrected chi connectivity index (χ3v) is 5.74. The van der Waals surface area contributed by atoms with Gasteiger partial charge in [-0.2, -0.15) is 13.2 Å². The van der Waals surface area contributed by atoms with Gasteiger partial charge < -0.3 is 15.2 Å². The number of nitrogens with one attached hydrogen (secondary N) is 1. The number of halogens is 4. The minimum atomic E-state index is -4.52. The van der Waals surface area contributed by atoms with Crippen molar-refractivity contribution in [2.24, 2.45) is 5.92 Å². The van der Waals surface area contributed by atoms with Crippen molar-refractivity contribution in [3.05, 3.63) is 52.2 Å². The second-order valence-corrected chi connectivity index (χ2v) is 7.90. The lowest BCUT2D eigenvalue weighted by molar-refractivity contribution is -0.142. The van der Waals surface area contributed by atoms with Crippen LogP contribution in [0, 0.1) is 5.92 Å². The fourth-order valence-corrected chi connectivity index (χ4v) is 4.18. The van der Waals surface area contributed by atoms with Crippen LogP contribution in [0.3, 0.4) is 0 Å². The van der Waals surface area contributed by atoms with Gasteiger partial charge in [0, 0.05) is 6.54 Å². The molecule has 9 heteroatoms. The van der Waals surface area contributed by atoms with E-state index in [1.807, 2.05) is 25.1 Å². The Balaban J connectivity index is 1.53. The number of aromatic nitrogens is 1. The molecule has 2 atom stereocenters. The third-order valence-electron chi connectivity index (χ3n) is 5.53. The predicted octanol–water partition coefficient (Wildman–Crippen LogP) is 5.78. The minimum absolute atomic E-state index is 0.0172. The van der Waals surface area contributed by atoms with Crippen molar-refractivity contribution in [1.82, 2.24) is 4.98 Å². The topological polar surface area (TPSA) is 71.5 Å². The molecule has 31 heavy (non-hydrogen) atoms. The van der Waals surface area contributed by atoms with Gasteiger partial charge >= 0.3 is 12.1 Å². The zero-order valence-electron chi connectivity index (χ0n) is 17.0. The summed E-state index contributed by atoms with van der Waals surface area (Å²) in [6, 6.07) is 7.68. The molecule has 1 aliphatic carbocycles. The highest BCUT2D eigenvalue weighted by molar-refractivity contribution is 6.29. The average molecular weight is 457 g/mol. The smallest absolute Gasteiger partial charge is 0.419 e. The Kier molecular flexibility index (Phi) is 7.30. The number of nitrogens with zero attached hydrogens (tertiary/aromatic N) is 1. The first-order chi connectivity index (χ1) is 14.7. The number of fused-ring (bicyclic) bond motifs is 1. The van der Waals surface area contributed by atoms with Crippen LogP contribution >= 0.6 is 11.6 Å². The number of pyridine rings is 1. The molecular formula is C22H24ClF3N2O3. The lowest BCUT2D eigenvalue weighted by atomic mass is 9.85. The Labute approximate surface area is 183 Å². The van der Waals surface area contributed by atoms with Crippen molar-refractivity contribution in [1.29, 1.82) is 0 Å². The summed E-state index contributed by atoms with van der Waals surface area (Å²) in [5, 5.41) is 12.1. The molecular weight excluding hydrogens is 433 g/mol. The Bertz CT molecular complexity index is 937. The summed E-state index contributed by atoms with van der Waals surface area (Å²) < 4.78 is 44.9. The van der Waals surface area contributed by atoms with Crippen LogP contribution in [0.1, 0.15) is 48.8 Å². The molecule has 1 aliphatic rings. The first-order valence-electron chi connectivity index (χ1n) is 10.2. The molecule has 2 aromatic rings. The number of alkyl halides is 3. The molecule has 0 spiro atoms. The summed E-state index contributed by atoms with van der Waals surface area (Å²) in [5.74, 6) is -0.771. The number of anilines is 1. The maximum atomic E-state index is 13.0. The highest BCUT2D eigenvalue weighted by atomic mass is 35.5. The number of ether oxygens (including phenoxy) is 1. The molecule has 168 valence electrons. The quantitative estimate of drug-likeness (QED) is 0.370. The Hall–Kier alpha value is -2.48. The van der Waals surface area contributed by atoms with Crippen LogP contribution in [0.5, 0.6) is 5.75 Å². The van der Waals surface area contributed by atoms with E-state index in [1.54, 1.807) is 0 Å². The second kappa shape index (κ2) is 9.77. The third kappa shape index (κ3) is 5.61. The van der Waals surface area contributed by atoms with Gasteiger partial charge in [0.25, 0.3) is 0 Å². The van der Waals surface area contributed by atoms with Gasteiger partial charge in [0.15, 0.2) is 0 Å². The first-order valence-corrected chi connectivity index (χ1v) is 10.5. The van der Waals surface area contributed by atoms with E-state index < -0.39 is 17.7 Å². The molecule has 3 rings (SSSR count). The zero-order chi connectivity index (χ0) is 22.6. The van der Waals surface area contributed by atoms with Crippen LogP contribution in [-0.4, -0.2) is 29.2 Å². The molecule has 1 aromatic carbocycles. The average Bonchev–Trinajstić information content (AvgIpc) is 3.10. The van der Waals surface area contributed by atoms with Gasteiger partial charge in [-0.05, 0) is 67.0 Å². The van der Waals surface area contributed by atoms with Crippen molar-refractivity contribution >= 4 is 23.4 Å². The lowest BCUT2D eigenvalue weighted by Crippen LogP contribution is -2.19. The number of aryl methyl sites for hydroxylation is 1. The predicted molar refractivity (Wildman–Crippen MR) is 112 cm³/mol. The van der Waals surface area contributed by atoms with Gasteiger partial charge in [-0.15, -0.1) is 0 Å². The van der Waals surface area contributed by atoms with Crippen LogP contribution in [0.4, 0.5) is 19.0 Å². The van der Waals surface area contributed by atoms with Crippen molar-refractivity contribution in [2.75, 3.05) is 18.5 Å². The Morgan fingerprint density at radius 2 is 2.13 bits per heavy atom. The summed E-state index contributed by atoms with van der Waals surface area (Å²) in [5.41, 5.74) is 1.30. The molecule has 2 N–H and O–H groups in total. The number of hydrogen-bond donors (Lipinski definition) is 2. The molecule has 0 aliphatic heterocycles. The van der Waals surface area contributed by atoms with Crippen LogP contribution in [0.15, 0.2) is 30.3 Å². The van der Waals surface area contributed by atoms with Crippen molar-refractivity contribution in [2.45, 2.75) is 44.7 Å². The van der Waals surface area contributed by atoms with E-state index in [1.165, 1.54) is 0 Å². The number of carboxylic acids is 1. The SMILES string of the molecule is CCC(C(=O)O)[C@@H]1CCc2cc(OCCCNc3nc(Cl)ccc3C(F)(F)F)ccc21. The zero-order valence-corrected chi connectivity index (χ0v) is 17.8. The van der Waals surface area contributed by atoms with Crippen LogP contribution in [0.25, 0.3) is 0 Å². The Morgan fingerprint density at radius 1 is 1.35 bits per heavy atom. The molecule has 1 unspecified atom stereocenters. The maximum Gasteiger partial charge on any atom is 0.419 e. The molecule has 1 heterocycles. The molecule has 0 saturated heterocycles. The van der Waals surface area contributed by atoms with E-state index >= 15 is 0 Å². The van der Waals surface area contributed by atoms with Crippen molar-refractivity contribution in [3.8, 4) is 5.75 Å². The number of benzene rings is 1. The van der Waals surface area contributed by atoms with Gasteiger partial charge in [0.1, 0.15) is 16.7 Å². The molecule has 0 radical (unpaired) electrons. The number of rotatable bonds is 9. The van der Waals surface area contributed by atoms with Crippen LogP contribution < -0.4 is 10.1 Å². The second-order valence-electron chi connectivity index (χ2n) is 7.52. The van der Waals surface area contributed by atoms with Gasteiger partial charge in [-0.3, -0.25) is 4.79 Å². The largest absolute Gasteiger partial charge is 0.494 e. The van der Waals surface area contributed by atoms with E-state index in [0.29, 0.717) is 25.2 Å². The molecule has 5 nitrogen and oxygen atoms in total. The van der Waals surface area contributed by atoms with Gasteiger partial charge in [0.2, 0.25) is 0 Å². The summed E-state index contributed by atoms with van der Waals surface area (Å²) in [4.78, 5) is 15.2. The monoisotopic (exact) mass is 456 g/mol. The minimum Gasteiger partial charge on any atom is -0.494 e. The van der Waals surface area contributed by atoms with E-state index in [0.717, 1.165) is 36.1 Å².